The first-order valence-electron chi connectivity index (χ1n) is 4.81. The van der Waals surface area contributed by atoms with E-state index in [1.807, 2.05) is 6.92 Å². The van der Waals surface area contributed by atoms with Gasteiger partial charge in [0.2, 0.25) is 5.91 Å². The molecule has 1 heterocycles. The van der Waals surface area contributed by atoms with Gasteiger partial charge in [-0.25, -0.2) is 0 Å². The summed E-state index contributed by atoms with van der Waals surface area (Å²) in [6.45, 7) is 7.74. The van der Waals surface area contributed by atoms with Gasteiger partial charge in [0.05, 0.1) is 6.10 Å². The molecule has 1 aliphatic heterocycles. The molecule has 13 heavy (non-hydrogen) atoms. The van der Waals surface area contributed by atoms with Gasteiger partial charge in [0.25, 0.3) is 0 Å². The first kappa shape index (κ1) is 10.3. The Kier molecular flexibility index (Phi) is 3.96. The molecule has 0 aromatic rings. The van der Waals surface area contributed by atoms with Crippen LogP contribution in [0.1, 0.15) is 19.8 Å². The Labute approximate surface area is 79.4 Å². The number of piperidine rings is 1. The summed E-state index contributed by atoms with van der Waals surface area (Å²) in [5.41, 5.74) is 0. The standard InChI is InChI=1S/C10H17NO2/c1-3-10(12)11-7-5-6-9(8-11)13-4-2/h3,9H,1,4-8H2,2H3. The van der Waals surface area contributed by atoms with Gasteiger partial charge in [-0.1, -0.05) is 6.58 Å². The van der Waals surface area contributed by atoms with Gasteiger partial charge in [-0.15, -0.1) is 0 Å². The van der Waals surface area contributed by atoms with Crippen LogP contribution in [0.25, 0.3) is 0 Å². The molecule has 0 radical (unpaired) electrons. The molecule has 3 heteroatoms. The van der Waals surface area contributed by atoms with Gasteiger partial charge in [-0.05, 0) is 25.8 Å². The molecular weight excluding hydrogens is 166 g/mol. The second kappa shape index (κ2) is 5.02. The van der Waals surface area contributed by atoms with E-state index >= 15 is 0 Å². The Morgan fingerprint density at radius 1 is 1.77 bits per heavy atom. The van der Waals surface area contributed by atoms with E-state index in [1.54, 1.807) is 4.90 Å². The van der Waals surface area contributed by atoms with Crippen molar-refractivity contribution in [2.24, 2.45) is 0 Å². The van der Waals surface area contributed by atoms with Gasteiger partial charge in [-0.3, -0.25) is 4.79 Å². The molecule has 0 aromatic carbocycles. The summed E-state index contributed by atoms with van der Waals surface area (Å²) in [5.74, 6) is 0.0180. The van der Waals surface area contributed by atoms with Crippen molar-refractivity contribution in [3.8, 4) is 0 Å². The second-order valence-corrected chi connectivity index (χ2v) is 3.21. The zero-order valence-corrected chi connectivity index (χ0v) is 8.16. The van der Waals surface area contributed by atoms with E-state index in [-0.39, 0.29) is 12.0 Å². The van der Waals surface area contributed by atoms with E-state index in [4.69, 9.17) is 4.74 Å². The second-order valence-electron chi connectivity index (χ2n) is 3.21. The quantitative estimate of drug-likeness (QED) is 0.615. The van der Waals surface area contributed by atoms with Crippen molar-refractivity contribution in [2.75, 3.05) is 19.7 Å². The first-order valence-corrected chi connectivity index (χ1v) is 4.81. The smallest absolute Gasteiger partial charge is 0.246 e. The molecule has 74 valence electrons. The molecule has 1 saturated heterocycles. The molecule has 1 unspecified atom stereocenters. The van der Waals surface area contributed by atoms with Crippen molar-refractivity contribution in [1.29, 1.82) is 0 Å². The summed E-state index contributed by atoms with van der Waals surface area (Å²) < 4.78 is 5.48. The van der Waals surface area contributed by atoms with Gasteiger partial charge in [-0.2, -0.15) is 0 Å². The predicted octanol–water partition coefficient (Wildman–Crippen LogP) is 1.20. The molecule has 0 bridgehead atoms. The number of hydrogen-bond acceptors (Lipinski definition) is 2. The van der Waals surface area contributed by atoms with Crippen LogP contribution in [0.5, 0.6) is 0 Å². The highest BCUT2D eigenvalue weighted by atomic mass is 16.5. The van der Waals surface area contributed by atoms with E-state index < -0.39 is 0 Å². The lowest BCUT2D eigenvalue weighted by Crippen LogP contribution is -2.42. The molecule has 0 saturated carbocycles. The number of rotatable bonds is 3. The van der Waals surface area contributed by atoms with Crippen LogP contribution in [0.2, 0.25) is 0 Å². The number of ether oxygens (including phenoxy) is 1. The molecule has 1 fully saturated rings. The fourth-order valence-corrected chi connectivity index (χ4v) is 1.64. The Morgan fingerprint density at radius 2 is 2.54 bits per heavy atom. The highest BCUT2D eigenvalue weighted by molar-refractivity contribution is 5.87. The normalized spacial score (nSPS) is 22.8. The lowest BCUT2D eigenvalue weighted by molar-refractivity contribution is -0.129. The van der Waals surface area contributed by atoms with Gasteiger partial charge in [0.15, 0.2) is 0 Å². The molecule has 0 N–H and O–H groups in total. The molecule has 1 rings (SSSR count). The zero-order chi connectivity index (χ0) is 9.68. The molecule has 1 atom stereocenters. The summed E-state index contributed by atoms with van der Waals surface area (Å²) in [5, 5.41) is 0. The van der Waals surface area contributed by atoms with Crippen molar-refractivity contribution >= 4 is 5.91 Å². The van der Waals surface area contributed by atoms with Crippen LogP contribution in [0.3, 0.4) is 0 Å². The van der Waals surface area contributed by atoms with E-state index in [0.29, 0.717) is 0 Å². The Morgan fingerprint density at radius 3 is 3.15 bits per heavy atom. The first-order chi connectivity index (χ1) is 6.27. The van der Waals surface area contributed by atoms with E-state index in [0.717, 1.165) is 32.5 Å². The molecule has 1 amide bonds. The average molecular weight is 183 g/mol. The minimum Gasteiger partial charge on any atom is -0.377 e. The fraction of sp³-hybridized carbons (Fsp3) is 0.700. The summed E-state index contributed by atoms with van der Waals surface area (Å²) in [6, 6.07) is 0. The topological polar surface area (TPSA) is 29.5 Å². The highest BCUT2D eigenvalue weighted by Gasteiger charge is 2.21. The van der Waals surface area contributed by atoms with Crippen molar-refractivity contribution in [3.05, 3.63) is 12.7 Å². The molecule has 0 aromatic heterocycles. The van der Waals surface area contributed by atoms with E-state index in [1.165, 1.54) is 6.08 Å². The summed E-state index contributed by atoms with van der Waals surface area (Å²) in [4.78, 5) is 13.1. The Bertz CT molecular complexity index is 189. The number of carbonyl (C=O) groups is 1. The minimum atomic E-state index is 0.0180. The lowest BCUT2D eigenvalue weighted by atomic mass is 10.1. The van der Waals surface area contributed by atoms with E-state index in [2.05, 4.69) is 6.58 Å². The Hall–Kier alpha value is -0.830. The summed E-state index contributed by atoms with van der Waals surface area (Å²) in [6.07, 6.45) is 3.69. The largest absolute Gasteiger partial charge is 0.377 e. The zero-order valence-electron chi connectivity index (χ0n) is 8.16. The molecular formula is C10H17NO2. The van der Waals surface area contributed by atoms with E-state index in [9.17, 15) is 4.79 Å². The maximum Gasteiger partial charge on any atom is 0.246 e. The molecule has 0 aliphatic carbocycles. The van der Waals surface area contributed by atoms with Crippen molar-refractivity contribution in [3.63, 3.8) is 0 Å². The van der Waals surface area contributed by atoms with Crippen LogP contribution in [0.15, 0.2) is 12.7 Å². The van der Waals surface area contributed by atoms with Crippen LogP contribution in [-0.2, 0) is 9.53 Å². The van der Waals surface area contributed by atoms with Crippen LogP contribution in [-0.4, -0.2) is 36.6 Å². The van der Waals surface area contributed by atoms with Crippen molar-refractivity contribution in [2.45, 2.75) is 25.9 Å². The number of amides is 1. The predicted molar refractivity (Wildman–Crippen MR) is 51.4 cm³/mol. The highest BCUT2D eigenvalue weighted by Crippen LogP contribution is 2.13. The van der Waals surface area contributed by atoms with Crippen LogP contribution >= 0.6 is 0 Å². The number of nitrogens with zero attached hydrogens (tertiary/aromatic N) is 1. The summed E-state index contributed by atoms with van der Waals surface area (Å²) >= 11 is 0. The third-order valence-electron chi connectivity index (χ3n) is 2.27. The SMILES string of the molecule is C=CC(=O)N1CCCC(OCC)C1. The number of likely N-dealkylation sites (tertiary alicyclic amines) is 1. The third-order valence-corrected chi connectivity index (χ3v) is 2.27. The van der Waals surface area contributed by atoms with Crippen LogP contribution < -0.4 is 0 Å². The molecule has 1 aliphatic rings. The van der Waals surface area contributed by atoms with Gasteiger partial charge < -0.3 is 9.64 Å². The average Bonchev–Trinajstić information content (AvgIpc) is 2.18. The number of hydrogen-bond donors (Lipinski definition) is 0. The fourth-order valence-electron chi connectivity index (χ4n) is 1.64. The number of carbonyl (C=O) groups excluding carboxylic acids is 1. The third kappa shape index (κ3) is 2.84. The van der Waals surface area contributed by atoms with Crippen LogP contribution in [0, 0.1) is 0 Å². The van der Waals surface area contributed by atoms with Crippen molar-refractivity contribution < 1.29 is 9.53 Å². The summed E-state index contributed by atoms with van der Waals surface area (Å²) in [7, 11) is 0. The van der Waals surface area contributed by atoms with Gasteiger partial charge in [0.1, 0.15) is 0 Å². The minimum absolute atomic E-state index is 0.0180. The maximum absolute atomic E-state index is 11.3. The monoisotopic (exact) mass is 183 g/mol. The van der Waals surface area contributed by atoms with Crippen molar-refractivity contribution in [1.82, 2.24) is 4.90 Å². The molecule has 0 spiro atoms. The lowest BCUT2D eigenvalue weighted by Gasteiger charge is -2.31. The Balaban J connectivity index is 2.41. The maximum atomic E-state index is 11.3. The molecule has 3 nitrogen and oxygen atoms in total. The van der Waals surface area contributed by atoms with Crippen LogP contribution in [0.4, 0.5) is 0 Å². The van der Waals surface area contributed by atoms with Gasteiger partial charge in [0, 0.05) is 19.7 Å². The van der Waals surface area contributed by atoms with Gasteiger partial charge >= 0.3 is 0 Å².